The van der Waals surface area contributed by atoms with Crippen LogP contribution in [0.2, 0.25) is 0 Å². The van der Waals surface area contributed by atoms with E-state index >= 15 is 0 Å². The van der Waals surface area contributed by atoms with E-state index in [1.54, 1.807) is 4.90 Å². The second-order valence-corrected chi connectivity index (χ2v) is 7.87. The number of carbonyl (C=O) groups is 1. The number of allylic oxidation sites excluding steroid dienone is 2. The molecule has 0 aromatic carbocycles. The van der Waals surface area contributed by atoms with Gasteiger partial charge in [-0.1, -0.05) is 12.1 Å². The van der Waals surface area contributed by atoms with Crippen LogP contribution in [0, 0.1) is 5.92 Å². The Bertz CT molecular complexity index is 1140. The van der Waals surface area contributed by atoms with Crippen LogP contribution in [-0.2, 0) is 17.7 Å². The number of carbonyl (C=O) groups excluding carboxylic acids is 1. The zero-order chi connectivity index (χ0) is 20.1. The molecule has 0 bridgehead atoms. The Balaban J connectivity index is 1.41. The van der Waals surface area contributed by atoms with Crippen LogP contribution in [0.1, 0.15) is 17.7 Å². The topological polar surface area (TPSA) is 72.6 Å². The highest BCUT2D eigenvalue weighted by atomic mass is 16.6. The van der Waals surface area contributed by atoms with Crippen LogP contribution in [0.15, 0.2) is 59.4 Å². The molecule has 1 fully saturated rings. The third-order valence-corrected chi connectivity index (χ3v) is 6.17. The average molecular weight is 399 g/mol. The second kappa shape index (κ2) is 6.79. The summed E-state index contributed by atoms with van der Waals surface area (Å²) in [6.45, 7) is 1.96. The van der Waals surface area contributed by atoms with Crippen molar-refractivity contribution in [2.24, 2.45) is 10.9 Å². The molecule has 5 heterocycles. The van der Waals surface area contributed by atoms with Gasteiger partial charge in [0.15, 0.2) is 0 Å². The quantitative estimate of drug-likeness (QED) is 0.794. The van der Waals surface area contributed by atoms with Gasteiger partial charge < -0.3 is 4.74 Å². The Morgan fingerprint density at radius 1 is 1.20 bits per heavy atom. The summed E-state index contributed by atoms with van der Waals surface area (Å²) in [7, 11) is 0. The molecule has 3 aliphatic heterocycles. The molecule has 6 rings (SSSR count). The first kappa shape index (κ1) is 17.4. The molecule has 2 atom stereocenters. The molecule has 0 saturated carbocycles. The van der Waals surface area contributed by atoms with Crippen molar-refractivity contribution in [1.82, 2.24) is 19.7 Å². The molecule has 0 N–H and O–H groups in total. The number of cyclic esters (lactones) is 1. The van der Waals surface area contributed by atoms with Gasteiger partial charge in [-0.2, -0.15) is 5.10 Å². The van der Waals surface area contributed by atoms with Crippen LogP contribution in [0.5, 0.6) is 0 Å². The van der Waals surface area contributed by atoms with Gasteiger partial charge in [0.25, 0.3) is 0 Å². The summed E-state index contributed by atoms with van der Waals surface area (Å²) in [5.74, 6) is 0.106. The minimum atomic E-state index is -0.285. The smallest absolute Gasteiger partial charge is 0.414 e. The van der Waals surface area contributed by atoms with Gasteiger partial charge in [-0.25, -0.2) is 4.79 Å². The summed E-state index contributed by atoms with van der Waals surface area (Å²) in [6, 6.07) is 5.90. The van der Waals surface area contributed by atoms with Crippen LogP contribution in [0.25, 0.3) is 17.0 Å². The van der Waals surface area contributed by atoms with Gasteiger partial charge in [-0.3, -0.25) is 19.6 Å². The Labute approximate surface area is 174 Å². The lowest BCUT2D eigenvalue weighted by Crippen LogP contribution is -2.29. The SMILES string of the molecule is O=C1OCCN1C1=CC2N=CC=C(c3c(-c4ccccn4)nn4c3CCC4)C2C=C1. The predicted molar refractivity (Wildman–Crippen MR) is 113 cm³/mol. The van der Waals surface area contributed by atoms with Gasteiger partial charge >= 0.3 is 6.09 Å². The Morgan fingerprint density at radius 3 is 3.00 bits per heavy atom. The van der Waals surface area contributed by atoms with Gasteiger partial charge in [0, 0.05) is 41.8 Å². The molecule has 1 saturated heterocycles. The minimum absolute atomic E-state index is 0.0491. The molecular weight excluding hydrogens is 378 g/mol. The number of hydrogen-bond acceptors (Lipinski definition) is 5. The number of dihydropyridines is 1. The Hall–Kier alpha value is -3.48. The van der Waals surface area contributed by atoms with E-state index in [9.17, 15) is 4.79 Å². The number of rotatable bonds is 3. The van der Waals surface area contributed by atoms with Crippen molar-refractivity contribution in [2.45, 2.75) is 25.4 Å². The number of pyridine rings is 1. The lowest BCUT2D eigenvalue weighted by atomic mass is 9.80. The summed E-state index contributed by atoms with van der Waals surface area (Å²) >= 11 is 0. The first-order valence-electron chi connectivity index (χ1n) is 10.4. The molecule has 2 aromatic rings. The molecular formula is C23H21N5O2. The van der Waals surface area contributed by atoms with Crippen molar-refractivity contribution in [3.63, 3.8) is 0 Å². The maximum atomic E-state index is 12.0. The second-order valence-electron chi connectivity index (χ2n) is 7.87. The van der Waals surface area contributed by atoms with Gasteiger partial charge in [-0.05, 0) is 48.8 Å². The van der Waals surface area contributed by atoms with Crippen LogP contribution in [0.3, 0.4) is 0 Å². The summed E-state index contributed by atoms with van der Waals surface area (Å²) in [5.41, 5.74) is 6.38. The molecule has 0 radical (unpaired) electrons. The standard InChI is InChI=1S/C23H21N5O2/c29-23-27(12-13-30-23)15-6-7-16-17(8-10-25-19(16)14-15)21-20-5-3-11-28(20)26-22(21)18-4-1-2-9-24-18/h1-2,4,6-10,14,16,19H,3,5,11-13H2. The van der Waals surface area contributed by atoms with Crippen molar-refractivity contribution >= 4 is 17.9 Å². The highest BCUT2D eigenvalue weighted by Crippen LogP contribution is 2.42. The van der Waals surface area contributed by atoms with Gasteiger partial charge in [-0.15, -0.1) is 0 Å². The lowest BCUT2D eigenvalue weighted by molar-refractivity contribution is 0.164. The number of nitrogens with zero attached hydrogens (tertiary/aromatic N) is 5. The van der Waals surface area contributed by atoms with Crippen LogP contribution in [0.4, 0.5) is 4.79 Å². The lowest BCUT2D eigenvalue weighted by Gasteiger charge is -2.30. The van der Waals surface area contributed by atoms with Gasteiger partial charge in [0.2, 0.25) is 0 Å². The highest BCUT2D eigenvalue weighted by molar-refractivity contribution is 5.93. The monoisotopic (exact) mass is 399 g/mol. The molecule has 150 valence electrons. The number of fused-ring (bicyclic) bond motifs is 2. The van der Waals surface area contributed by atoms with Crippen molar-refractivity contribution < 1.29 is 9.53 Å². The van der Waals surface area contributed by atoms with Crippen LogP contribution < -0.4 is 0 Å². The first-order valence-corrected chi connectivity index (χ1v) is 10.4. The van der Waals surface area contributed by atoms with Gasteiger partial charge in [0.1, 0.15) is 12.3 Å². The van der Waals surface area contributed by atoms with Crippen molar-refractivity contribution in [3.8, 4) is 11.4 Å². The highest BCUT2D eigenvalue weighted by Gasteiger charge is 2.35. The van der Waals surface area contributed by atoms with Crippen molar-refractivity contribution in [3.05, 3.63) is 65.7 Å². The van der Waals surface area contributed by atoms with E-state index in [0.29, 0.717) is 13.2 Å². The molecule has 30 heavy (non-hydrogen) atoms. The summed E-state index contributed by atoms with van der Waals surface area (Å²) < 4.78 is 7.23. The third kappa shape index (κ3) is 2.65. The zero-order valence-corrected chi connectivity index (χ0v) is 16.4. The van der Waals surface area contributed by atoms with E-state index < -0.39 is 0 Å². The number of aromatic nitrogens is 3. The molecule has 4 aliphatic rings. The van der Waals surface area contributed by atoms with E-state index in [4.69, 9.17) is 14.8 Å². The number of aliphatic imine (C=N–C) groups is 1. The van der Waals surface area contributed by atoms with Crippen molar-refractivity contribution in [1.29, 1.82) is 0 Å². The van der Waals surface area contributed by atoms with E-state index in [1.807, 2.05) is 36.7 Å². The van der Waals surface area contributed by atoms with E-state index in [2.05, 4.69) is 27.9 Å². The fraction of sp³-hybridized carbons (Fsp3) is 0.304. The Kier molecular flexibility index (Phi) is 3.94. The molecule has 2 aromatic heterocycles. The van der Waals surface area contributed by atoms with E-state index in [0.717, 1.165) is 36.5 Å². The molecule has 0 spiro atoms. The summed E-state index contributed by atoms with van der Waals surface area (Å²) in [4.78, 5) is 22.9. The molecule has 1 amide bonds. The Morgan fingerprint density at radius 2 is 2.17 bits per heavy atom. The fourth-order valence-corrected chi connectivity index (χ4v) is 4.78. The van der Waals surface area contributed by atoms with E-state index in [1.165, 1.54) is 16.8 Å². The molecule has 2 unspecified atom stereocenters. The first-order chi connectivity index (χ1) is 14.8. The average Bonchev–Trinajstić information content (AvgIpc) is 3.49. The van der Waals surface area contributed by atoms with Crippen molar-refractivity contribution in [2.75, 3.05) is 13.2 Å². The number of ether oxygens (including phenoxy) is 1. The largest absolute Gasteiger partial charge is 0.447 e. The normalized spacial score (nSPS) is 24.4. The minimum Gasteiger partial charge on any atom is -0.447 e. The number of aryl methyl sites for hydroxylation is 1. The van der Waals surface area contributed by atoms with Crippen LogP contribution >= 0.6 is 0 Å². The molecule has 1 aliphatic carbocycles. The number of amides is 1. The third-order valence-electron chi connectivity index (χ3n) is 6.17. The zero-order valence-electron chi connectivity index (χ0n) is 16.4. The maximum Gasteiger partial charge on any atom is 0.414 e. The molecule has 7 heteroatoms. The maximum absolute atomic E-state index is 12.0. The number of hydrogen-bond donors (Lipinski definition) is 0. The fourth-order valence-electron chi connectivity index (χ4n) is 4.78. The van der Waals surface area contributed by atoms with Gasteiger partial charge in [0.05, 0.1) is 18.3 Å². The van der Waals surface area contributed by atoms with Crippen LogP contribution in [-0.4, -0.2) is 51.2 Å². The summed E-state index contributed by atoms with van der Waals surface area (Å²) in [5, 5.41) is 4.92. The van der Waals surface area contributed by atoms with E-state index in [-0.39, 0.29) is 18.1 Å². The molecule has 7 nitrogen and oxygen atoms in total. The predicted octanol–water partition coefficient (Wildman–Crippen LogP) is 3.25. The summed E-state index contributed by atoms with van der Waals surface area (Å²) in [6.07, 6.45) is 13.9.